The average molecular weight is 371 g/mol. The van der Waals surface area contributed by atoms with Crippen LogP contribution in [-0.4, -0.2) is 45.2 Å². The molecular formula is C17H26N2O3S2. The average Bonchev–Trinajstić information content (AvgIpc) is 2.58. The predicted octanol–water partition coefficient (Wildman–Crippen LogP) is 2.88. The Balaban J connectivity index is 1.78. The molecule has 0 atom stereocenters. The maximum Gasteiger partial charge on any atom is 0.251 e. The quantitative estimate of drug-likeness (QED) is 0.750. The molecule has 0 heterocycles. The fraction of sp³-hybridized carbons (Fsp3) is 0.588. The minimum Gasteiger partial charge on any atom is -0.351 e. The van der Waals surface area contributed by atoms with Crippen molar-refractivity contribution in [1.29, 1.82) is 0 Å². The standard InChI is InChI=1S/C17H26N2O3S2/c1-19(24(2,21)22)15-10-8-14(9-11-15)17(20)18-12-13-23-16-6-4-3-5-7-16/h8-11,16H,3-7,12-13H2,1-2H3,(H,18,20). The van der Waals surface area contributed by atoms with Gasteiger partial charge in [0.15, 0.2) is 0 Å². The fourth-order valence-corrected chi connectivity index (χ4v) is 4.46. The van der Waals surface area contributed by atoms with Crippen molar-refractivity contribution in [2.45, 2.75) is 37.4 Å². The molecule has 5 nitrogen and oxygen atoms in total. The van der Waals surface area contributed by atoms with E-state index < -0.39 is 10.0 Å². The molecule has 2 rings (SSSR count). The van der Waals surface area contributed by atoms with Crippen LogP contribution in [0.15, 0.2) is 24.3 Å². The molecule has 0 bridgehead atoms. The second-order valence-corrected chi connectivity index (χ2v) is 9.59. The van der Waals surface area contributed by atoms with Crippen LogP contribution in [0.3, 0.4) is 0 Å². The van der Waals surface area contributed by atoms with E-state index >= 15 is 0 Å². The highest BCUT2D eigenvalue weighted by atomic mass is 32.2. The molecule has 1 aliphatic carbocycles. The van der Waals surface area contributed by atoms with Crippen LogP contribution < -0.4 is 9.62 Å². The number of sulfonamides is 1. The number of hydrogen-bond acceptors (Lipinski definition) is 4. The van der Waals surface area contributed by atoms with Gasteiger partial charge >= 0.3 is 0 Å². The van der Waals surface area contributed by atoms with Crippen molar-refractivity contribution >= 4 is 33.4 Å². The lowest BCUT2D eigenvalue weighted by Gasteiger charge is -2.20. The van der Waals surface area contributed by atoms with E-state index in [9.17, 15) is 13.2 Å². The van der Waals surface area contributed by atoms with Gasteiger partial charge in [0.2, 0.25) is 10.0 Å². The number of hydrogen-bond donors (Lipinski definition) is 1. The van der Waals surface area contributed by atoms with Crippen LogP contribution in [0, 0.1) is 0 Å². The van der Waals surface area contributed by atoms with Gasteiger partial charge in [0.1, 0.15) is 0 Å². The largest absolute Gasteiger partial charge is 0.351 e. The third-order valence-corrected chi connectivity index (χ3v) is 6.87. The second kappa shape index (κ2) is 8.76. The molecule has 1 aliphatic rings. The third-order valence-electron chi connectivity index (χ3n) is 4.28. The molecular weight excluding hydrogens is 344 g/mol. The van der Waals surface area contributed by atoms with Crippen LogP contribution in [0.5, 0.6) is 0 Å². The SMILES string of the molecule is CN(c1ccc(C(=O)NCCSC2CCCCC2)cc1)S(C)(=O)=O. The number of carbonyl (C=O) groups excluding carboxylic acids is 1. The van der Waals surface area contributed by atoms with Crippen LogP contribution >= 0.6 is 11.8 Å². The number of anilines is 1. The van der Waals surface area contributed by atoms with E-state index in [-0.39, 0.29) is 5.91 Å². The van der Waals surface area contributed by atoms with Crippen molar-refractivity contribution in [3.63, 3.8) is 0 Å². The molecule has 1 saturated carbocycles. The van der Waals surface area contributed by atoms with Crippen molar-refractivity contribution in [3.05, 3.63) is 29.8 Å². The number of nitrogens with zero attached hydrogens (tertiary/aromatic N) is 1. The van der Waals surface area contributed by atoms with Gasteiger partial charge in [0, 0.05) is 30.2 Å². The molecule has 7 heteroatoms. The minimum atomic E-state index is -3.29. The highest BCUT2D eigenvalue weighted by molar-refractivity contribution is 7.99. The molecule has 0 saturated heterocycles. The lowest BCUT2D eigenvalue weighted by atomic mass is 10.0. The van der Waals surface area contributed by atoms with Gasteiger partial charge in [-0.3, -0.25) is 9.10 Å². The Bertz CT molecular complexity index is 638. The molecule has 0 aliphatic heterocycles. The molecule has 1 N–H and O–H groups in total. The van der Waals surface area contributed by atoms with E-state index in [0.29, 0.717) is 17.8 Å². The number of benzene rings is 1. The smallest absolute Gasteiger partial charge is 0.251 e. The first kappa shape index (κ1) is 19.1. The summed E-state index contributed by atoms with van der Waals surface area (Å²) in [6.07, 6.45) is 7.77. The van der Waals surface area contributed by atoms with Crippen LogP contribution in [0.1, 0.15) is 42.5 Å². The van der Waals surface area contributed by atoms with E-state index in [1.165, 1.54) is 43.5 Å². The Morgan fingerprint density at radius 2 is 1.83 bits per heavy atom. The van der Waals surface area contributed by atoms with Crippen molar-refractivity contribution in [3.8, 4) is 0 Å². The summed E-state index contributed by atoms with van der Waals surface area (Å²) in [4.78, 5) is 12.1. The Kier molecular flexibility index (Phi) is 6.98. The van der Waals surface area contributed by atoms with Gasteiger partial charge in [-0.15, -0.1) is 0 Å². The van der Waals surface area contributed by atoms with Gasteiger partial charge in [-0.05, 0) is 37.1 Å². The van der Waals surface area contributed by atoms with E-state index in [2.05, 4.69) is 5.32 Å². The predicted molar refractivity (Wildman–Crippen MR) is 101 cm³/mol. The molecule has 0 aromatic heterocycles. The number of nitrogens with one attached hydrogen (secondary N) is 1. The normalized spacial score (nSPS) is 15.9. The summed E-state index contributed by atoms with van der Waals surface area (Å²) in [5.41, 5.74) is 1.09. The van der Waals surface area contributed by atoms with Gasteiger partial charge in [-0.1, -0.05) is 19.3 Å². The number of thioether (sulfide) groups is 1. The van der Waals surface area contributed by atoms with Gasteiger partial charge in [-0.2, -0.15) is 11.8 Å². The van der Waals surface area contributed by atoms with Gasteiger partial charge in [0.25, 0.3) is 5.91 Å². The zero-order chi connectivity index (χ0) is 17.6. The van der Waals surface area contributed by atoms with Crippen LogP contribution in [0.25, 0.3) is 0 Å². The van der Waals surface area contributed by atoms with Crippen LogP contribution in [0.4, 0.5) is 5.69 Å². The summed E-state index contributed by atoms with van der Waals surface area (Å²) in [5.74, 6) is 0.818. The first-order valence-electron chi connectivity index (χ1n) is 8.31. The van der Waals surface area contributed by atoms with Crippen LogP contribution in [0.2, 0.25) is 0 Å². The Labute approximate surface area is 149 Å². The van der Waals surface area contributed by atoms with E-state index in [0.717, 1.165) is 17.3 Å². The summed E-state index contributed by atoms with van der Waals surface area (Å²) in [7, 11) is -1.79. The number of rotatable bonds is 7. The second-order valence-electron chi connectivity index (χ2n) is 6.16. The maximum atomic E-state index is 12.1. The zero-order valence-corrected chi connectivity index (χ0v) is 16.0. The first-order valence-corrected chi connectivity index (χ1v) is 11.2. The van der Waals surface area contributed by atoms with Crippen molar-refractivity contribution in [2.24, 2.45) is 0 Å². The summed E-state index contributed by atoms with van der Waals surface area (Å²) in [6, 6.07) is 6.60. The number of amides is 1. The van der Waals surface area contributed by atoms with Crippen LogP contribution in [-0.2, 0) is 10.0 Å². The summed E-state index contributed by atoms with van der Waals surface area (Å²) in [6.45, 7) is 0.658. The van der Waals surface area contributed by atoms with E-state index in [1.807, 2.05) is 11.8 Å². The number of carbonyl (C=O) groups is 1. The summed E-state index contributed by atoms with van der Waals surface area (Å²) >= 11 is 1.96. The molecule has 0 unspecified atom stereocenters. The Hall–Kier alpha value is -1.21. The van der Waals surface area contributed by atoms with E-state index in [4.69, 9.17) is 0 Å². The highest BCUT2D eigenvalue weighted by Crippen LogP contribution is 2.27. The van der Waals surface area contributed by atoms with Gasteiger partial charge in [0.05, 0.1) is 11.9 Å². The van der Waals surface area contributed by atoms with Gasteiger partial charge < -0.3 is 5.32 Å². The van der Waals surface area contributed by atoms with Crippen molar-refractivity contribution in [2.75, 3.05) is 29.9 Å². The van der Waals surface area contributed by atoms with E-state index in [1.54, 1.807) is 24.3 Å². The Morgan fingerprint density at radius 3 is 2.42 bits per heavy atom. The van der Waals surface area contributed by atoms with Gasteiger partial charge in [-0.25, -0.2) is 8.42 Å². The minimum absolute atomic E-state index is 0.118. The lowest BCUT2D eigenvalue weighted by molar-refractivity contribution is 0.0956. The molecule has 24 heavy (non-hydrogen) atoms. The molecule has 1 fully saturated rings. The lowest BCUT2D eigenvalue weighted by Crippen LogP contribution is -2.27. The maximum absolute atomic E-state index is 12.1. The molecule has 1 amide bonds. The monoisotopic (exact) mass is 370 g/mol. The summed E-state index contributed by atoms with van der Waals surface area (Å²) < 4.78 is 24.2. The highest BCUT2D eigenvalue weighted by Gasteiger charge is 2.14. The topological polar surface area (TPSA) is 66.5 Å². The first-order chi connectivity index (χ1) is 11.4. The molecule has 1 aromatic rings. The molecule has 1 aromatic carbocycles. The van der Waals surface area contributed by atoms with Crippen molar-refractivity contribution < 1.29 is 13.2 Å². The molecule has 0 spiro atoms. The third kappa shape index (κ3) is 5.70. The summed E-state index contributed by atoms with van der Waals surface area (Å²) in [5, 5.41) is 3.68. The molecule has 0 radical (unpaired) electrons. The van der Waals surface area contributed by atoms with Crippen molar-refractivity contribution in [1.82, 2.24) is 5.32 Å². The Morgan fingerprint density at radius 1 is 1.21 bits per heavy atom. The molecule has 134 valence electrons. The zero-order valence-electron chi connectivity index (χ0n) is 14.3. The fourth-order valence-electron chi connectivity index (χ4n) is 2.74.